The fourth-order valence-corrected chi connectivity index (χ4v) is 2.96. The number of nitriles is 1. The summed E-state index contributed by atoms with van der Waals surface area (Å²) in [5.41, 5.74) is 0.320. The highest BCUT2D eigenvalue weighted by molar-refractivity contribution is 8.13. The van der Waals surface area contributed by atoms with Crippen LogP contribution in [0.5, 0.6) is 0 Å². The minimum atomic E-state index is -3.95. The van der Waals surface area contributed by atoms with E-state index in [0.29, 0.717) is 0 Å². The van der Waals surface area contributed by atoms with Crippen molar-refractivity contribution in [3.8, 4) is 6.07 Å². The second kappa shape index (κ2) is 4.58. The first-order chi connectivity index (χ1) is 6.90. The summed E-state index contributed by atoms with van der Waals surface area (Å²) in [5, 5.41) is 8.75. The maximum absolute atomic E-state index is 11.2. The van der Waals surface area contributed by atoms with Gasteiger partial charge in [-0.25, -0.2) is 8.42 Å². The Balaban J connectivity index is 3.63. The molecule has 0 atom stereocenters. The molecule has 0 saturated carbocycles. The van der Waals surface area contributed by atoms with Crippen molar-refractivity contribution in [3.63, 3.8) is 0 Å². The van der Waals surface area contributed by atoms with Crippen molar-refractivity contribution in [1.29, 1.82) is 5.26 Å². The van der Waals surface area contributed by atoms with Gasteiger partial charge in [0.05, 0.1) is 22.4 Å². The van der Waals surface area contributed by atoms with E-state index in [4.69, 9.17) is 39.1 Å². The minimum absolute atomic E-state index is 0.0914. The van der Waals surface area contributed by atoms with Gasteiger partial charge in [-0.2, -0.15) is 5.26 Å². The summed E-state index contributed by atoms with van der Waals surface area (Å²) in [5.74, 6) is -0.0914. The lowest BCUT2D eigenvalue weighted by Gasteiger charge is -2.06. The third-order valence-electron chi connectivity index (χ3n) is 1.68. The van der Waals surface area contributed by atoms with Gasteiger partial charge in [-0.3, -0.25) is 0 Å². The van der Waals surface area contributed by atoms with E-state index in [9.17, 15) is 8.42 Å². The molecule has 1 aromatic rings. The van der Waals surface area contributed by atoms with Gasteiger partial charge in [-0.05, 0) is 12.1 Å². The molecule has 1 aromatic carbocycles. The molecule has 7 heteroatoms. The molecule has 0 aliphatic heterocycles. The van der Waals surface area contributed by atoms with Gasteiger partial charge >= 0.3 is 0 Å². The molecule has 80 valence electrons. The molecular weight excluding hydrogens is 281 g/mol. The van der Waals surface area contributed by atoms with E-state index in [1.165, 1.54) is 6.07 Å². The van der Waals surface area contributed by atoms with E-state index >= 15 is 0 Å². The van der Waals surface area contributed by atoms with E-state index in [-0.39, 0.29) is 26.9 Å². The van der Waals surface area contributed by atoms with Crippen LogP contribution in [0, 0.1) is 11.3 Å². The maximum atomic E-state index is 11.2. The average Bonchev–Trinajstić information content (AvgIpc) is 2.15. The van der Waals surface area contributed by atoms with Crippen molar-refractivity contribution in [1.82, 2.24) is 0 Å². The summed E-state index contributed by atoms with van der Waals surface area (Å²) in [6.07, 6.45) is 0. The van der Waals surface area contributed by atoms with Gasteiger partial charge < -0.3 is 0 Å². The Morgan fingerprint density at radius 1 is 1.40 bits per heavy atom. The molecule has 0 fully saturated rings. The van der Waals surface area contributed by atoms with Gasteiger partial charge in [-0.15, -0.1) is 11.6 Å². The molecule has 0 aliphatic rings. The molecule has 0 aliphatic carbocycles. The molecule has 0 aromatic heterocycles. The van der Waals surface area contributed by atoms with Crippen molar-refractivity contribution in [2.75, 3.05) is 0 Å². The smallest absolute Gasteiger partial charge is 0.207 e. The standard InChI is InChI=1S/C8H4Cl3NO2S/c9-3-6-7(10)1-5(4-12)2-8(6)15(11,13)14/h1-2H,3H2. The zero-order chi connectivity index (χ0) is 11.6. The zero-order valence-electron chi connectivity index (χ0n) is 7.17. The van der Waals surface area contributed by atoms with E-state index in [2.05, 4.69) is 0 Å². The van der Waals surface area contributed by atoms with Crippen LogP contribution in [0.25, 0.3) is 0 Å². The Kier molecular flexibility index (Phi) is 3.85. The van der Waals surface area contributed by atoms with E-state index in [1.54, 1.807) is 6.07 Å². The average molecular weight is 285 g/mol. The van der Waals surface area contributed by atoms with Gasteiger partial charge in [-0.1, -0.05) is 11.6 Å². The van der Waals surface area contributed by atoms with Crippen LogP contribution in [0.2, 0.25) is 5.02 Å². The lowest BCUT2D eigenvalue weighted by atomic mass is 10.2. The van der Waals surface area contributed by atoms with Crippen LogP contribution in [-0.4, -0.2) is 8.42 Å². The van der Waals surface area contributed by atoms with Crippen LogP contribution < -0.4 is 0 Å². The third-order valence-corrected chi connectivity index (χ3v) is 3.67. The van der Waals surface area contributed by atoms with Crippen LogP contribution >= 0.6 is 33.9 Å². The topological polar surface area (TPSA) is 57.9 Å². The minimum Gasteiger partial charge on any atom is -0.207 e. The first kappa shape index (κ1) is 12.6. The molecule has 0 unspecified atom stereocenters. The molecular formula is C8H4Cl3NO2S. The fraction of sp³-hybridized carbons (Fsp3) is 0.125. The van der Waals surface area contributed by atoms with Crippen LogP contribution in [0.3, 0.4) is 0 Å². The predicted molar refractivity (Wildman–Crippen MR) is 58.8 cm³/mol. The normalized spacial score (nSPS) is 11.1. The molecule has 0 amide bonds. The number of halogens is 3. The summed E-state index contributed by atoms with van der Waals surface area (Å²) in [7, 11) is 1.24. The van der Waals surface area contributed by atoms with Gasteiger partial charge in [0.1, 0.15) is 0 Å². The fourth-order valence-electron chi connectivity index (χ4n) is 1.02. The van der Waals surface area contributed by atoms with Crippen molar-refractivity contribution in [2.45, 2.75) is 10.8 Å². The number of alkyl halides is 1. The summed E-state index contributed by atoms with van der Waals surface area (Å²) in [6, 6.07) is 4.26. The first-order valence-corrected chi connectivity index (χ1v) is 6.85. The number of hydrogen-bond acceptors (Lipinski definition) is 3. The largest absolute Gasteiger partial charge is 0.261 e. The number of benzene rings is 1. The van der Waals surface area contributed by atoms with Crippen molar-refractivity contribution in [3.05, 3.63) is 28.3 Å². The molecule has 1 rings (SSSR count). The number of nitrogens with zero attached hydrogens (tertiary/aromatic N) is 1. The highest BCUT2D eigenvalue weighted by atomic mass is 35.7. The molecule has 0 saturated heterocycles. The van der Waals surface area contributed by atoms with Gasteiger partial charge in [0, 0.05) is 21.3 Å². The first-order valence-electron chi connectivity index (χ1n) is 3.63. The van der Waals surface area contributed by atoms with Gasteiger partial charge in [0.2, 0.25) is 0 Å². The molecule has 3 nitrogen and oxygen atoms in total. The summed E-state index contributed by atoms with van der Waals surface area (Å²) in [4.78, 5) is -0.219. The molecule has 0 heterocycles. The van der Waals surface area contributed by atoms with Crippen LogP contribution in [-0.2, 0) is 14.9 Å². The lowest BCUT2D eigenvalue weighted by Crippen LogP contribution is -1.98. The van der Waals surface area contributed by atoms with Crippen molar-refractivity contribution >= 4 is 42.9 Å². The molecule has 0 bridgehead atoms. The second-order valence-corrected chi connectivity index (χ2v) is 5.83. The highest BCUT2D eigenvalue weighted by Crippen LogP contribution is 2.29. The highest BCUT2D eigenvalue weighted by Gasteiger charge is 2.19. The summed E-state index contributed by atoms with van der Waals surface area (Å²) >= 11 is 11.3. The Morgan fingerprint density at radius 2 is 2.00 bits per heavy atom. The van der Waals surface area contributed by atoms with Gasteiger partial charge in [0.25, 0.3) is 9.05 Å². The summed E-state index contributed by atoms with van der Waals surface area (Å²) < 4.78 is 22.3. The lowest BCUT2D eigenvalue weighted by molar-refractivity contribution is 0.609. The van der Waals surface area contributed by atoms with Crippen LogP contribution in [0.4, 0.5) is 0 Å². The van der Waals surface area contributed by atoms with E-state index < -0.39 is 9.05 Å². The quantitative estimate of drug-likeness (QED) is 0.620. The molecule has 15 heavy (non-hydrogen) atoms. The zero-order valence-corrected chi connectivity index (χ0v) is 10.3. The number of hydrogen-bond donors (Lipinski definition) is 0. The Hall–Kier alpha value is -0.470. The summed E-state index contributed by atoms with van der Waals surface area (Å²) in [6.45, 7) is 0. The second-order valence-electron chi connectivity index (χ2n) is 2.62. The van der Waals surface area contributed by atoms with E-state index in [0.717, 1.165) is 6.07 Å². The van der Waals surface area contributed by atoms with Crippen molar-refractivity contribution < 1.29 is 8.42 Å². The predicted octanol–water partition coefficient (Wildman–Crippen LogP) is 2.88. The molecule has 0 spiro atoms. The maximum Gasteiger partial charge on any atom is 0.261 e. The molecule has 0 radical (unpaired) electrons. The SMILES string of the molecule is N#Cc1cc(Cl)c(CCl)c(S(=O)(=O)Cl)c1. The Labute approximate surface area is 102 Å². The monoisotopic (exact) mass is 283 g/mol. The van der Waals surface area contributed by atoms with Crippen LogP contribution in [0.15, 0.2) is 17.0 Å². The van der Waals surface area contributed by atoms with Crippen LogP contribution in [0.1, 0.15) is 11.1 Å². The Bertz CT molecular complexity index is 534. The third kappa shape index (κ3) is 2.76. The van der Waals surface area contributed by atoms with Gasteiger partial charge in [0.15, 0.2) is 0 Å². The Morgan fingerprint density at radius 3 is 2.40 bits per heavy atom. The number of rotatable bonds is 2. The van der Waals surface area contributed by atoms with Crippen molar-refractivity contribution in [2.24, 2.45) is 0 Å². The van der Waals surface area contributed by atoms with E-state index in [1.807, 2.05) is 0 Å². The molecule has 0 N–H and O–H groups in total.